The molecule has 10 heteroatoms. The van der Waals surface area contributed by atoms with Gasteiger partial charge in [0.1, 0.15) is 5.82 Å². The first-order chi connectivity index (χ1) is 13.5. The quantitative estimate of drug-likeness (QED) is 0.703. The maximum absolute atomic E-state index is 13.7. The van der Waals surface area contributed by atoms with E-state index in [1.165, 1.54) is 17.0 Å². The summed E-state index contributed by atoms with van der Waals surface area (Å²) < 4.78 is 78.1. The van der Waals surface area contributed by atoms with E-state index in [4.69, 9.17) is 0 Å². The molecule has 0 aromatic heterocycles. The van der Waals surface area contributed by atoms with Crippen molar-refractivity contribution in [3.05, 3.63) is 65.0 Å². The highest BCUT2D eigenvalue weighted by Gasteiger charge is 2.33. The molecule has 0 saturated carbocycles. The molecule has 1 heterocycles. The van der Waals surface area contributed by atoms with Crippen molar-refractivity contribution in [3.8, 4) is 0 Å². The van der Waals surface area contributed by atoms with E-state index in [-0.39, 0.29) is 36.6 Å². The fourth-order valence-corrected chi connectivity index (χ4v) is 4.43. The van der Waals surface area contributed by atoms with Gasteiger partial charge in [-0.25, -0.2) is 12.8 Å². The largest absolute Gasteiger partial charge is 0.416 e. The van der Waals surface area contributed by atoms with Crippen molar-refractivity contribution in [2.24, 2.45) is 0 Å². The van der Waals surface area contributed by atoms with Gasteiger partial charge in [0.2, 0.25) is 10.0 Å². The van der Waals surface area contributed by atoms with E-state index in [0.717, 1.165) is 34.6 Å². The first kappa shape index (κ1) is 21.3. The molecule has 0 spiro atoms. The fraction of sp³-hybridized carbons (Fsp3) is 0.316. The molecule has 1 fully saturated rings. The van der Waals surface area contributed by atoms with Crippen LogP contribution in [0.25, 0.3) is 0 Å². The van der Waals surface area contributed by atoms with Crippen LogP contribution in [0, 0.1) is 12.7 Å². The van der Waals surface area contributed by atoms with Crippen molar-refractivity contribution in [1.82, 2.24) is 9.21 Å². The second-order valence-corrected chi connectivity index (χ2v) is 8.62. The zero-order valence-corrected chi connectivity index (χ0v) is 16.2. The van der Waals surface area contributed by atoms with Gasteiger partial charge in [-0.05, 0) is 48.9 Å². The van der Waals surface area contributed by atoms with Crippen molar-refractivity contribution in [2.75, 3.05) is 26.2 Å². The molecule has 5 nitrogen and oxygen atoms in total. The van der Waals surface area contributed by atoms with Gasteiger partial charge in [0.25, 0.3) is 5.91 Å². The van der Waals surface area contributed by atoms with Gasteiger partial charge in [0.15, 0.2) is 0 Å². The van der Waals surface area contributed by atoms with Gasteiger partial charge >= 0.3 is 6.18 Å². The van der Waals surface area contributed by atoms with Gasteiger partial charge in [-0.3, -0.25) is 4.79 Å². The summed E-state index contributed by atoms with van der Waals surface area (Å²) in [6.07, 6.45) is -4.55. The van der Waals surface area contributed by atoms with Crippen LogP contribution in [0.15, 0.2) is 47.4 Å². The van der Waals surface area contributed by atoms with E-state index >= 15 is 0 Å². The van der Waals surface area contributed by atoms with Crippen LogP contribution in [0.3, 0.4) is 0 Å². The third kappa shape index (κ3) is 4.43. The Morgan fingerprint density at radius 2 is 1.55 bits per heavy atom. The van der Waals surface area contributed by atoms with Crippen molar-refractivity contribution in [1.29, 1.82) is 0 Å². The topological polar surface area (TPSA) is 57.7 Å². The number of carbonyl (C=O) groups is 1. The Labute approximate surface area is 165 Å². The second-order valence-electron chi connectivity index (χ2n) is 6.68. The minimum Gasteiger partial charge on any atom is -0.336 e. The average Bonchev–Trinajstić information content (AvgIpc) is 2.69. The molecule has 2 aromatic rings. The molecule has 2 aromatic carbocycles. The van der Waals surface area contributed by atoms with Gasteiger partial charge in [0, 0.05) is 31.7 Å². The Morgan fingerprint density at radius 1 is 0.966 bits per heavy atom. The van der Waals surface area contributed by atoms with Gasteiger partial charge in [0.05, 0.1) is 10.5 Å². The number of hydrogen-bond donors (Lipinski definition) is 0. The average molecular weight is 430 g/mol. The number of halogens is 4. The number of piperazine rings is 1. The number of hydrogen-bond acceptors (Lipinski definition) is 3. The highest BCUT2D eigenvalue weighted by molar-refractivity contribution is 7.89. The minimum atomic E-state index is -4.55. The summed E-state index contributed by atoms with van der Waals surface area (Å²) >= 11 is 0. The van der Waals surface area contributed by atoms with Crippen LogP contribution in [-0.4, -0.2) is 49.7 Å². The van der Waals surface area contributed by atoms with Crippen molar-refractivity contribution in [3.63, 3.8) is 0 Å². The van der Waals surface area contributed by atoms with Gasteiger partial charge in [-0.15, -0.1) is 0 Å². The molecule has 156 valence electrons. The Hall–Kier alpha value is -2.46. The molecule has 0 bridgehead atoms. The monoisotopic (exact) mass is 430 g/mol. The summed E-state index contributed by atoms with van der Waals surface area (Å²) in [5.74, 6) is -0.908. The standard InChI is InChI=1S/C19H18F4N2O3S/c1-13-2-3-14(12-17(13)20)18(26)24-8-10-25(11-9-24)29(27,28)16-6-4-15(5-7-16)19(21,22)23/h2-7,12H,8-11H2,1H3. The van der Waals surface area contributed by atoms with Crippen LogP contribution >= 0.6 is 0 Å². The number of sulfonamides is 1. The van der Waals surface area contributed by atoms with Crippen LogP contribution in [-0.2, 0) is 16.2 Å². The number of amides is 1. The van der Waals surface area contributed by atoms with Crippen LogP contribution < -0.4 is 0 Å². The van der Waals surface area contributed by atoms with Crippen LogP contribution in [0.5, 0.6) is 0 Å². The summed E-state index contributed by atoms with van der Waals surface area (Å²) in [5, 5.41) is 0. The van der Waals surface area contributed by atoms with Crippen molar-refractivity contribution < 1.29 is 30.8 Å². The smallest absolute Gasteiger partial charge is 0.336 e. The summed E-state index contributed by atoms with van der Waals surface area (Å²) in [6.45, 7) is 1.74. The molecule has 1 amide bonds. The lowest BCUT2D eigenvalue weighted by Gasteiger charge is -2.34. The summed E-state index contributed by atoms with van der Waals surface area (Å²) in [7, 11) is -3.98. The Balaban J connectivity index is 1.69. The molecule has 0 aliphatic carbocycles. The lowest BCUT2D eigenvalue weighted by atomic mass is 10.1. The maximum Gasteiger partial charge on any atom is 0.416 e. The summed E-state index contributed by atoms with van der Waals surface area (Å²) in [4.78, 5) is 13.7. The molecule has 1 saturated heterocycles. The number of carbonyl (C=O) groups excluding carboxylic acids is 1. The molecular formula is C19H18F4N2O3S. The highest BCUT2D eigenvalue weighted by atomic mass is 32.2. The van der Waals surface area contributed by atoms with E-state index in [0.29, 0.717) is 5.56 Å². The van der Waals surface area contributed by atoms with Crippen molar-refractivity contribution in [2.45, 2.75) is 18.0 Å². The molecule has 0 unspecified atom stereocenters. The lowest BCUT2D eigenvalue weighted by Crippen LogP contribution is -2.50. The van der Waals surface area contributed by atoms with Crippen LogP contribution in [0.2, 0.25) is 0 Å². The van der Waals surface area contributed by atoms with Gasteiger partial charge in [-0.1, -0.05) is 6.07 Å². The van der Waals surface area contributed by atoms with Crippen LogP contribution in [0.1, 0.15) is 21.5 Å². The molecule has 0 N–H and O–H groups in total. The van der Waals surface area contributed by atoms with Gasteiger partial charge < -0.3 is 4.90 Å². The van der Waals surface area contributed by atoms with Crippen molar-refractivity contribution >= 4 is 15.9 Å². The van der Waals surface area contributed by atoms with E-state index in [9.17, 15) is 30.8 Å². The molecule has 0 atom stereocenters. The predicted molar refractivity (Wildman–Crippen MR) is 97.2 cm³/mol. The van der Waals surface area contributed by atoms with E-state index in [1.807, 2.05) is 0 Å². The number of benzene rings is 2. The molecule has 29 heavy (non-hydrogen) atoms. The lowest BCUT2D eigenvalue weighted by molar-refractivity contribution is -0.137. The van der Waals surface area contributed by atoms with Gasteiger partial charge in [-0.2, -0.15) is 17.5 Å². The molecule has 1 aliphatic rings. The number of nitrogens with zero attached hydrogens (tertiary/aromatic N) is 2. The Bertz CT molecular complexity index is 1010. The Kier molecular flexibility index (Phi) is 5.68. The zero-order chi connectivity index (χ0) is 21.4. The summed E-state index contributed by atoms with van der Waals surface area (Å²) in [6, 6.07) is 7.43. The highest BCUT2D eigenvalue weighted by Crippen LogP contribution is 2.30. The molecule has 1 aliphatic heterocycles. The number of alkyl halides is 3. The number of aryl methyl sites for hydroxylation is 1. The second kappa shape index (κ2) is 7.75. The van der Waals surface area contributed by atoms with E-state index in [1.54, 1.807) is 6.92 Å². The normalized spacial score (nSPS) is 16.1. The first-order valence-electron chi connectivity index (χ1n) is 8.73. The third-order valence-corrected chi connectivity index (χ3v) is 6.68. The fourth-order valence-electron chi connectivity index (χ4n) is 3.00. The minimum absolute atomic E-state index is 0.0105. The third-order valence-electron chi connectivity index (χ3n) is 4.76. The predicted octanol–water partition coefficient (Wildman–Crippen LogP) is 3.30. The maximum atomic E-state index is 13.7. The molecular weight excluding hydrogens is 412 g/mol. The molecule has 0 radical (unpaired) electrons. The van der Waals surface area contributed by atoms with E-state index in [2.05, 4.69) is 0 Å². The summed E-state index contributed by atoms with van der Waals surface area (Å²) in [5.41, 5.74) is -0.349. The number of rotatable bonds is 3. The first-order valence-corrected chi connectivity index (χ1v) is 10.2. The van der Waals surface area contributed by atoms with E-state index < -0.39 is 33.5 Å². The zero-order valence-electron chi connectivity index (χ0n) is 15.4. The molecule has 3 rings (SSSR count). The SMILES string of the molecule is Cc1ccc(C(=O)N2CCN(S(=O)(=O)c3ccc(C(F)(F)F)cc3)CC2)cc1F. The van der Waals surface area contributed by atoms with Crippen LogP contribution in [0.4, 0.5) is 17.6 Å². The Morgan fingerprint density at radius 3 is 2.07 bits per heavy atom.